The molecular formula is C7H8FN5O. The Morgan fingerprint density at radius 3 is 2.79 bits per heavy atom. The SMILES string of the molecule is COCC(N=[N+]=[N-])c1ncc(F)cn1. The molecule has 7 heteroatoms. The highest BCUT2D eigenvalue weighted by atomic mass is 19.1. The number of hydrogen-bond donors (Lipinski definition) is 0. The predicted molar refractivity (Wildman–Crippen MR) is 45.8 cm³/mol. The summed E-state index contributed by atoms with van der Waals surface area (Å²) >= 11 is 0. The summed E-state index contributed by atoms with van der Waals surface area (Å²) in [6.45, 7) is 0.162. The van der Waals surface area contributed by atoms with Crippen molar-refractivity contribution in [3.05, 3.63) is 34.5 Å². The lowest BCUT2D eigenvalue weighted by Crippen LogP contribution is -2.07. The minimum absolute atomic E-state index is 0.162. The number of aromatic nitrogens is 2. The summed E-state index contributed by atoms with van der Waals surface area (Å²) < 4.78 is 17.3. The fraction of sp³-hybridized carbons (Fsp3) is 0.429. The van der Waals surface area contributed by atoms with Crippen LogP contribution in [0.1, 0.15) is 11.9 Å². The van der Waals surface area contributed by atoms with Crippen molar-refractivity contribution >= 4 is 0 Å². The Balaban J connectivity index is 2.87. The summed E-state index contributed by atoms with van der Waals surface area (Å²) in [6.07, 6.45) is 2.02. The molecule has 0 radical (unpaired) electrons. The largest absolute Gasteiger partial charge is 0.384 e. The molecule has 0 aliphatic heterocycles. The van der Waals surface area contributed by atoms with Crippen LogP contribution in [0.25, 0.3) is 10.4 Å². The molecule has 0 N–H and O–H groups in total. The van der Waals surface area contributed by atoms with Crippen molar-refractivity contribution in [2.45, 2.75) is 6.04 Å². The average Bonchev–Trinajstić information content (AvgIpc) is 2.19. The number of rotatable bonds is 4. The van der Waals surface area contributed by atoms with Gasteiger partial charge in [-0.3, -0.25) is 0 Å². The van der Waals surface area contributed by atoms with E-state index in [1.165, 1.54) is 7.11 Å². The summed E-state index contributed by atoms with van der Waals surface area (Å²) in [6, 6.07) is -0.620. The Kier molecular flexibility index (Phi) is 3.78. The van der Waals surface area contributed by atoms with Gasteiger partial charge in [0.25, 0.3) is 0 Å². The van der Waals surface area contributed by atoms with Crippen LogP contribution in [0.15, 0.2) is 17.5 Å². The lowest BCUT2D eigenvalue weighted by atomic mass is 10.3. The molecule has 1 rings (SSSR count). The van der Waals surface area contributed by atoms with Crippen LogP contribution in [0.3, 0.4) is 0 Å². The first kappa shape index (κ1) is 10.4. The molecule has 0 amide bonds. The van der Waals surface area contributed by atoms with Crippen molar-refractivity contribution in [3.63, 3.8) is 0 Å². The molecule has 74 valence electrons. The highest BCUT2D eigenvalue weighted by Gasteiger charge is 2.11. The Hall–Kier alpha value is -1.72. The van der Waals surface area contributed by atoms with Crippen LogP contribution in [0.5, 0.6) is 0 Å². The maximum absolute atomic E-state index is 12.5. The van der Waals surface area contributed by atoms with E-state index in [-0.39, 0.29) is 12.4 Å². The lowest BCUT2D eigenvalue weighted by molar-refractivity contribution is 0.178. The zero-order valence-electron chi connectivity index (χ0n) is 7.46. The van der Waals surface area contributed by atoms with Crippen LogP contribution >= 0.6 is 0 Å². The second kappa shape index (κ2) is 5.11. The predicted octanol–water partition coefficient (Wildman–Crippen LogP) is 1.61. The summed E-state index contributed by atoms with van der Waals surface area (Å²) in [5.74, 6) is -0.295. The molecular weight excluding hydrogens is 189 g/mol. The third kappa shape index (κ3) is 2.65. The zero-order valence-corrected chi connectivity index (χ0v) is 7.46. The second-order valence-electron chi connectivity index (χ2n) is 2.44. The molecule has 6 nitrogen and oxygen atoms in total. The van der Waals surface area contributed by atoms with Gasteiger partial charge >= 0.3 is 0 Å². The Bertz CT molecular complexity index is 334. The Morgan fingerprint density at radius 2 is 2.29 bits per heavy atom. The molecule has 0 aliphatic rings. The van der Waals surface area contributed by atoms with Crippen LogP contribution < -0.4 is 0 Å². The summed E-state index contributed by atoms with van der Waals surface area (Å²) in [5.41, 5.74) is 8.25. The second-order valence-corrected chi connectivity index (χ2v) is 2.44. The number of ether oxygens (including phenoxy) is 1. The van der Waals surface area contributed by atoms with Crippen LogP contribution in [0, 0.1) is 5.82 Å². The van der Waals surface area contributed by atoms with Crippen molar-refractivity contribution in [1.29, 1.82) is 0 Å². The van der Waals surface area contributed by atoms with E-state index in [4.69, 9.17) is 10.3 Å². The third-order valence-electron chi connectivity index (χ3n) is 1.45. The molecule has 1 aromatic rings. The summed E-state index contributed by atoms with van der Waals surface area (Å²) in [4.78, 5) is 9.99. The molecule has 0 spiro atoms. The van der Waals surface area contributed by atoms with Gasteiger partial charge in [-0.05, 0) is 5.53 Å². The number of halogens is 1. The van der Waals surface area contributed by atoms with Crippen molar-refractivity contribution in [3.8, 4) is 0 Å². The summed E-state index contributed by atoms with van der Waals surface area (Å²) in [7, 11) is 1.46. The molecule has 0 aliphatic carbocycles. The van der Waals surface area contributed by atoms with Gasteiger partial charge in [0.15, 0.2) is 5.82 Å². The topological polar surface area (TPSA) is 83.8 Å². The van der Waals surface area contributed by atoms with Gasteiger partial charge in [0.1, 0.15) is 11.9 Å². The minimum Gasteiger partial charge on any atom is -0.384 e. The maximum Gasteiger partial charge on any atom is 0.159 e. The van der Waals surface area contributed by atoms with E-state index in [1.54, 1.807) is 0 Å². The quantitative estimate of drug-likeness (QED) is 0.417. The van der Waals surface area contributed by atoms with E-state index >= 15 is 0 Å². The third-order valence-corrected chi connectivity index (χ3v) is 1.45. The average molecular weight is 197 g/mol. The first-order chi connectivity index (χ1) is 6.77. The van der Waals surface area contributed by atoms with Gasteiger partial charge in [0.2, 0.25) is 0 Å². The van der Waals surface area contributed by atoms with Crippen LogP contribution in [0.4, 0.5) is 4.39 Å². The maximum atomic E-state index is 12.5. The Morgan fingerprint density at radius 1 is 1.64 bits per heavy atom. The molecule has 0 saturated carbocycles. The number of methoxy groups -OCH3 is 1. The molecule has 1 unspecified atom stereocenters. The van der Waals surface area contributed by atoms with E-state index in [1.807, 2.05) is 0 Å². The number of nitrogens with zero attached hydrogens (tertiary/aromatic N) is 5. The van der Waals surface area contributed by atoms with E-state index in [2.05, 4.69) is 20.0 Å². The number of azide groups is 1. The van der Waals surface area contributed by atoms with Gasteiger partial charge in [-0.2, -0.15) is 0 Å². The van der Waals surface area contributed by atoms with Crippen LogP contribution in [-0.4, -0.2) is 23.7 Å². The molecule has 1 heterocycles. The van der Waals surface area contributed by atoms with Gasteiger partial charge < -0.3 is 4.74 Å². The van der Waals surface area contributed by atoms with E-state index < -0.39 is 11.9 Å². The van der Waals surface area contributed by atoms with E-state index in [0.29, 0.717) is 0 Å². The molecule has 0 aromatic carbocycles. The smallest absolute Gasteiger partial charge is 0.159 e. The zero-order chi connectivity index (χ0) is 10.4. The summed E-state index contributed by atoms with van der Waals surface area (Å²) in [5, 5.41) is 3.42. The van der Waals surface area contributed by atoms with Gasteiger partial charge in [0.05, 0.1) is 19.0 Å². The van der Waals surface area contributed by atoms with Crippen molar-refractivity contribution in [2.24, 2.45) is 5.11 Å². The lowest BCUT2D eigenvalue weighted by Gasteiger charge is -2.06. The fourth-order valence-electron chi connectivity index (χ4n) is 0.874. The molecule has 0 bridgehead atoms. The molecule has 1 atom stereocenters. The monoisotopic (exact) mass is 197 g/mol. The van der Waals surface area contributed by atoms with Gasteiger partial charge in [0, 0.05) is 12.0 Å². The van der Waals surface area contributed by atoms with E-state index in [0.717, 1.165) is 12.4 Å². The first-order valence-corrected chi connectivity index (χ1v) is 3.78. The molecule has 14 heavy (non-hydrogen) atoms. The van der Waals surface area contributed by atoms with Crippen LogP contribution in [0.2, 0.25) is 0 Å². The standard InChI is InChI=1S/C7H8FN5O/c1-14-4-6(12-13-9)7-10-2-5(8)3-11-7/h2-3,6H,4H2,1H3. The molecule has 0 saturated heterocycles. The fourth-order valence-corrected chi connectivity index (χ4v) is 0.874. The van der Waals surface area contributed by atoms with Crippen molar-refractivity contribution < 1.29 is 9.13 Å². The highest BCUT2D eigenvalue weighted by molar-refractivity contribution is 4.97. The Labute approximate surface area is 79.4 Å². The highest BCUT2D eigenvalue weighted by Crippen LogP contribution is 2.12. The van der Waals surface area contributed by atoms with Crippen molar-refractivity contribution in [1.82, 2.24) is 9.97 Å². The van der Waals surface area contributed by atoms with Crippen molar-refractivity contribution in [2.75, 3.05) is 13.7 Å². The first-order valence-electron chi connectivity index (χ1n) is 3.78. The molecule has 1 aromatic heterocycles. The van der Waals surface area contributed by atoms with E-state index in [9.17, 15) is 4.39 Å². The molecule has 0 fully saturated rings. The van der Waals surface area contributed by atoms with Crippen LogP contribution in [-0.2, 0) is 4.74 Å². The normalized spacial score (nSPS) is 11.9. The number of hydrogen-bond acceptors (Lipinski definition) is 4. The van der Waals surface area contributed by atoms with Gasteiger partial charge in [-0.15, -0.1) is 0 Å². The minimum atomic E-state index is -0.620. The van der Waals surface area contributed by atoms with Gasteiger partial charge in [-0.1, -0.05) is 5.11 Å². The van der Waals surface area contributed by atoms with Gasteiger partial charge in [-0.25, -0.2) is 14.4 Å².